The predicted octanol–water partition coefficient (Wildman–Crippen LogP) is 3.47. The smallest absolute Gasteiger partial charge is 0.338 e. The third-order valence-corrected chi connectivity index (χ3v) is 6.61. The molecule has 3 unspecified atom stereocenters. The molecule has 1 aliphatic heterocycles. The van der Waals surface area contributed by atoms with Crippen LogP contribution in [-0.2, 0) is 19.0 Å². The number of anilines is 1. The van der Waals surface area contributed by atoms with Gasteiger partial charge in [-0.3, -0.25) is 24.5 Å². The van der Waals surface area contributed by atoms with Crippen molar-refractivity contribution in [3.63, 3.8) is 0 Å². The number of aromatic nitrogens is 4. The van der Waals surface area contributed by atoms with Crippen LogP contribution in [0.1, 0.15) is 53.6 Å². The number of hydrogen-bond acceptors (Lipinski definition) is 9. The van der Waals surface area contributed by atoms with Crippen molar-refractivity contribution in [3.05, 3.63) is 88.5 Å². The Balaban J connectivity index is 1.39. The van der Waals surface area contributed by atoms with Crippen LogP contribution in [0.2, 0.25) is 0 Å². The standard InChI is InChI=1S/C29H29N5O7/c1-17(2)25(35)32-29-31-24-23(26(36)33-29)30-16-34(24)22-14-13-20(41-28(38)19-11-7-4-8-12-19)21(40-22)15-39-27(37)18-9-5-3-6-10-18/h3-12,16-17,20-22H,13-15H2,1-2H3,(H2,31,32,33,35,36). The van der Waals surface area contributed by atoms with E-state index in [2.05, 4.69) is 20.3 Å². The topological polar surface area (TPSA) is 155 Å². The number of esters is 2. The lowest BCUT2D eigenvalue weighted by Gasteiger charge is -2.36. The highest BCUT2D eigenvalue weighted by atomic mass is 16.6. The van der Waals surface area contributed by atoms with Crippen LogP contribution in [0.4, 0.5) is 5.95 Å². The van der Waals surface area contributed by atoms with Gasteiger partial charge >= 0.3 is 11.9 Å². The molecule has 3 atom stereocenters. The number of imidazole rings is 1. The maximum absolute atomic E-state index is 12.8. The van der Waals surface area contributed by atoms with E-state index in [1.807, 2.05) is 0 Å². The van der Waals surface area contributed by atoms with Gasteiger partial charge in [0.05, 0.1) is 17.5 Å². The molecule has 0 spiro atoms. The number of ether oxygens (including phenoxy) is 3. The van der Waals surface area contributed by atoms with Gasteiger partial charge in [0.2, 0.25) is 11.9 Å². The Hall–Kier alpha value is -4.84. The molecule has 5 rings (SSSR count). The molecule has 12 nitrogen and oxygen atoms in total. The lowest BCUT2D eigenvalue weighted by Crippen LogP contribution is -2.43. The average molecular weight is 560 g/mol. The van der Waals surface area contributed by atoms with Crippen molar-refractivity contribution in [1.29, 1.82) is 0 Å². The first-order valence-electron chi connectivity index (χ1n) is 13.2. The van der Waals surface area contributed by atoms with E-state index in [0.29, 0.717) is 24.0 Å². The van der Waals surface area contributed by atoms with Crippen molar-refractivity contribution in [2.24, 2.45) is 5.92 Å². The molecule has 0 saturated carbocycles. The first-order chi connectivity index (χ1) is 19.8. The third-order valence-electron chi connectivity index (χ3n) is 6.61. The van der Waals surface area contributed by atoms with Gasteiger partial charge in [0.1, 0.15) is 25.0 Å². The molecule has 1 amide bonds. The number of amides is 1. The second kappa shape index (κ2) is 12.1. The molecule has 0 aliphatic carbocycles. The molecule has 41 heavy (non-hydrogen) atoms. The van der Waals surface area contributed by atoms with Crippen LogP contribution in [0.15, 0.2) is 71.8 Å². The number of aromatic amines is 1. The van der Waals surface area contributed by atoms with E-state index >= 15 is 0 Å². The summed E-state index contributed by atoms with van der Waals surface area (Å²) in [6, 6.07) is 17.1. The number of fused-ring (bicyclic) bond motifs is 1. The maximum atomic E-state index is 12.8. The van der Waals surface area contributed by atoms with Crippen molar-refractivity contribution in [3.8, 4) is 0 Å². The van der Waals surface area contributed by atoms with E-state index in [1.54, 1.807) is 79.1 Å². The number of hydrogen-bond donors (Lipinski definition) is 2. The highest BCUT2D eigenvalue weighted by Crippen LogP contribution is 2.31. The number of H-pyrrole nitrogens is 1. The first kappa shape index (κ1) is 27.7. The van der Waals surface area contributed by atoms with Gasteiger partial charge in [0.25, 0.3) is 5.56 Å². The summed E-state index contributed by atoms with van der Waals surface area (Å²) in [6.07, 6.45) is -0.0343. The van der Waals surface area contributed by atoms with Crippen LogP contribution >= 0.6 is 0 Å². The van der Waals surface area contributed by atoms with E-state index in [1.165, 1.54) is 6.33 Å². The van der Waals surface area contributed by atoms with Gasteiger partial charge in [-0.05, 0) is 37.1 Å². The fourth-order valence-corrected chi connectivity index (χ4v) is 4.39. The molecule has 212 valence electrons. The van der Waals surface area contributed by atoms with Gasteiger partial charge in [0.15, 0.2) is 11.2 Å². The van der Waals surface area contributed by atoms with Gasteiger partial charge < -0.3 is 14.2 Å². The third kappa shape index (κ3) is 6.33. The number of carbonyl (C=O) groups is 3. The fourth-order valence-electron chi connectivity index (χ4n) is 4.39. The summed E-state index contributed by atoms with van der Waals surface area (Å²) in [4.78, 5) is 61.4. The molecule has 1 saturated heterocycles. The van der Waals surface area contributed by atoms with Crippen molar-refractivity contribution in [2.75, 3.05) is 11.9 Å². The van der Waals surface area contributed by atoms with Gasteiger partial charge in [-0.15, -0.1) is 0 Å². The Labute approximate surface area is 234 Å². The minimum Gasteiger partial charge on any atom is -0.459 e. The minimum atomic E-state index is -0.825. The van der Waals surface area contributed by atoms with Crippen molar-refractivity contribution < 1.29 is 28.6 Å². The van der Waals surface area contributed by atoms with Crippen LogP contribution in [0, 0.1) is 5.92 Å². The van der Waals surface area contributed by atoms with Crippen LogP contribution in [0.25, 0.3) is 11.2 Å². The minimum absolute atomic E-state index is 0.0123. The zero-order valence-corrected chi connectivity index (χ0v) is 22.5. The monoisotopic (exact) mass is 559 g/mol. The van der Waals surface area contributed by atoms with E-state index in [0.717, 1.165) is 0 Å². The molecule has 0 radical (unpaired) electrons. The normalized spacial score (nSPS) is 18.7. The quantitative estimate of drug-likeness (QED) is 0.309. The predicted molar refractivity (Wildman–Crippen MR) is 147 cm³/mol. The summed E-state index contributed by atoms with van der Waals surface area (Å²) < 4.78 is 19.2. The number of carbonyl (C=O) groups excluding carboxylic acids is 3. The Morgan fingerprint density at radius 1 is 1.02 bits per heavy atom. The maximum Gasteiger partial charge on any atom is 0.338 e. The number of nitrogens with one attached hydrogen (secondary N) is 2. The summed E-state index contributed by atoms with van der Waals surface area (Å²) in [5.74, 6) is -1.71. The molecule has 3 heterocycles. The second-order valence-electron chi connectivity index (χ2n) is 9.86. The highest BCUT2D eigenvalue weighted by Gasteiger charge is 2.37. The second-order valence-corrected chi connectivity index (χ2v) is 9.86. The summed E-state index contributed by atoms with van der Waals surface area (Å²) in [5.41, 5.74) is 0.511. The summed E-state index contributed by atoms with van der Waals surface area (Å²) in [6.45, 7) is 3.25. The molecule has 2 aromatic heterocycles. The van der Waals surface area contributed by atoms with Crippen molar-refractivity contribution >= 4 is 35.0 Å². The molecule has 4 aromatic rings. The van der Waals surface area contributed by atoms with Gasteiger partial charge in [-0.1, -0.05) is 50.2 Å². The van der Waals surface area contributed by atoms with Crippen molar-refractivity contribution in [1.82, 2.24) is 19.5 Å². The van der Waals surface area contributed by atoms with E-state index < -0.39 is 35.9 Å². The van der Waals surface area contributed by atoms with Crippen molar-refractivity contribution in [2.45, 2.75) is 45.1 Å². The summed E-state index contributed by atoms with van der Waals surface area (Å²) >= 11 is 0. The molecule has 2 aromatic carbocycles. The molecular weight excluding hydrogens is 530 g/mol. The van der Waals surface area contributed by atoms with Crippen LogP contribution in [0.5, 0.6) is 0 Å². The lowest BCUT2D eigenvalue weighted by molar-refractivity contribution is -0.161. The molecular formula is C29H29N5O7. The Bertz CT molecular complexity index is 1600. The zero-order chi connectivity index (χ0) is 28.9. The molecule has 0 bridgehead atoms. The zero-order valence-electron chi connectivity index (χ0n) is 22.5. The number of nitrogens with zero attached hydrogens (tertiary/aromatic N) is 3. The molecule has 1 aliphatic rings. The number of benzene rings is 2. The Morgan fingerprint density at radius 2 is 1.68 bits per heavy atom. The van der Waals surface area contributed by atoms with Gasteiger partial charge in [-0.25, -0.2) is 14.6 Å². The molecule has 1 fully saturated rings. The highest BCUT2D eigenvalue weighted by molar-refractivity contribution is 5.91. The Kier molecular flexibility index (Phi) is 8.20. The lowest BCUT2D eigenvalue weighted by atomic mass is 10.0. The van der Waals surface area contributed by atoms with Crippen LogP contribution < -0.4 is 10.9 Å². The van der Waals surface area contributed by atoms with E-state index in [4.69, 9.17) is 14.2 Å². The molecule has 12 heteroatoms. The SMILES string of the molecule is CC(C)C(=O)Nc1nc2c(ncn2C2CCC(OC(=O)c3ccccc3)C(COC(=O)c3ccccc3)O2)c(=O)[nH]1. The summed E-state index contributed by atoms with van der Waals surface area (Å²) in [5, 5.41) is 2.59. The average Bonchev–Trinajstić information content (AvgIpc) is 3.42. The van der Waals surface area contributed by atoms with E-state index in [9.17, 15) is 19.2 Å². The number of rotatable bonds is 8. The molecule has 2 N–H and O–H groups in total. The van der Waals surface area contributed by atoms with E-state index in [-0.39, 0.29) is 35.5 Å². The van der Waals surface area contributed by atoms with Gasteiger partial charge in [0, 0.05) is 5.92 Å². The van der Waals surface area contributed by atoms with Crippen LogP contribution in [-0.4, -0.2) is 56.2 Å². The summed E-state index contributed by atoms with van der Waals surface area (Å²) in [7, 11) is 0. The largest absolute Gasteiger partial charge is 0.459 e. The first-order valence-corrected chi connectivity index (χ1v) is 13.2. The fraction of sp³-hybridized carbons (Fsp3) is 0.310. The van der Waals surface area contributed by atoms with Crippen LogP contribution in [0.3, 0.4) is 0 Å². The van der Waals surface area contributed by atoms with Gasteiger partial charge in [-0.2, -0.15) is 4.98 Å². The Morgan fingerprint density at radius 3 is 2.34 bits per heavy atom.